The maximum Gasteiger partial charge on any atom is 0.344 e. The van der Waals surface area contributed by atoms with Crippen molar-refractivity contribution in [2.45, 2.75) is 19.9 Å². The summed E-state index contributed by atoms with van der Waals surface area (Å²) >= 11 is 0. The average molecular weight is 308 g/mol. The molecule has 0 unspecified atom stereocenters. The first-order valence-corrected chi connectivity index (χ1v) is 6.93. The van der Waals surface area contributed by atoms with E-state index in [-0.39, 0.29) is 12.5 Å². The molecule has 1 aromatic rings. The molecule has 7 nitrogen and oxygen atoms in total. The summed E-state index contributed by atoms with van der Waals surface area (Å²) in [5.74, 6) is -0.972. The molecule has 0 heterocycles. The lowest BCUT2D eigenvalue weighted by atomic mass is 10.3. The minimum absolute atomic E-state index is 0.289. The van der Waals surface area contributed by atoms with Crippen molar-refractivity contribution in [3.63, 3.8) is 0 Å². The lowest BCUT2D eigenvalue weighted by Gasteiger charge is -2.13. The third-order valence-corrected chi connectivity index (χ3v) is 2.59. The second kappa shape index (κ2) is 9.38. The summed E-state index contributed by atoms with van der Waals surface area (Å²) in [7, 11) is 0. The molecule has 0 saturated carbocycles. The van der Waals surface area contributed by atoms with Crippen LogP contribution in [0.2, 0.25) is 0 Å². The zero-order chi connectivity index (χ0) is 16.4. The first-order chi connectivity index (χ1) is 10.5. The molecule has 0 aromatic heterocycles. The van der Waals surface area contributed by atoms with Crippen molar-refractivity contribution in [1.29, 1.82) is 0 Å². The normalized spacial score (nSPS) is 11.2. The van der Waals surface area contributed by atoms with Crippen LogP contribution in [0.25, 0.3) is 0 Å². The highest BCUT2D eigenvalue weighted by Gasteiger charge is 2.15. The first kappa shape index (κ1) is 17.5. The molecule has 1 atom stereocenters. The molecule has 0 spiro atoms. The quantitative estimate of drug-likeness (QED) is 0.671. The molecule has 1 rings (SSSR count). The van der Waals surface area contributed by atoms with Crippen LogP contribution in [-0.2, 0) is 19.1 Å². The van der Waals surface area contributed by atoms with Crippen molar-refractivity contribution < 1.29 is 23.9 Å². The molecule has 7 heteroatoms. The Kier molecular flexibility index (Phi) is 7.45. The molecule has 0 aliphatic heterocycles. The van der Waals surface area contributed by atoms with Gasteiger partial charge in [-0.15, -0.1) is 0 Å². The van der Waals surface area contributed by atoms with E-state index in [4.69, 9.17) is 9.47 Å². The van der Waals surface area contributed by atoms with Crippen LogP contribution >= 0.6 is 0 Å². The van der Waals surface area contributed by atoms with E-state index in [0.717, 1.165) is 0 Å². The Morgan fingerprint density at radius 3 is 2.45 bits per heavy atom. The van der Waals surface area contributed by atoms with Gasteiger partial charge in [-0.3, -0.25) is 9.59 Å². The van der Waals surface area contributed by atoms with Gasteiger partial charge in [0.25, 0.3) is 5.91 Å². The number of carbonyl (C=O) groups excluding carboxylic acids is 3. The Morgan fingerprint density at radius 1 is 1.14 bits per heavy atom. The largest absolute Gasteiger partial charge is 0.482 e. The highest BCUT2D eigenvalue weighted by Crippen LogP contribution is 2.07. The van der Waals surface area contributed by atoms with Crippen molar-refractivity contribution in [3.8, 4) is 5.75 Å². The van der Waals surface area contributed by atoms with Gasteiger partial charge >= 0.3 is 5.97 Å². The molecule has 120 valence electrons. The summed E-state index contributed by atoms with van der Waals surface area (Å²) in [5, 5.41) is 5.00. The van der Waals surface area contributed by atoms with Crippen LogP contribution < -0.4 is 15.4 Å². The Balaban J connectivity index is 2.23. The van der Waals surface area contributed by atoms with Gasteiger partial charge < -0.3 is 20.1 Å². The van der Waals surface area contributed by atoms with E-state index in [2.05, 4.69) is 10.6 Å². The molecular formula is C15H20N2O5. The average Bonchev–Trinajstić information content (AvgIpc) is 2.52. The molecule has 0 bridgehead atoms. The third-order valence-electron chi connectivity index (χ3n) is 2.59. The summed E-state index contributed by atoms with van der Waals surface area (Å²) in [4.78, 5) is 34.4. The second-order valence-corrected chi connectivity index (χ2v) is 4.45. The minimum Gasteiger partial charge on any atom is -0.482 e. The van der Waals surface area contributed by atoms with Gasteiger partial charge in [0.05, 0.1) is 0 Å². The molecule has 2 amide bonds. The number of amides is 2. The standard InChI is InChI=1S/C15H20N2O5/c1-3-16-15(20)11(2)17-13(18)9-22-14(19)10-21-12-7-5-4-6-8-12/h4-8,11H,3,9-10H2,1-2H3,(H,16,20)(H,17,18)/t11-/m1/s1. The van der Waals surface area contributed by atoms with Gasteiger partial charge in [-0.1, -0.05) is 18.2 Å². The van der Waals surface area contributed by atoms with E-state index < -0.39 is 24.5 Å². The molecule has 0 saturated heterocycles. The number of benzene rings is 1. The third kappa shape index (κ3) is 6.74. The lowest BCUT2D eigenvalue weighted by Crippen LogP contribution is -2.46. The SMILES string of the molecule is CCNC(=O)[C@@H](C)NC(=O)COC(=O)COc1ccccc1. The maximum absolute atomic E-state index is 11.5. The molecule has 2 N–H and O–H groups in total. The topological polar surface area (TPSA) is 93.7 Å². The number of esters is 1. The number of ether oxygens (including phenoxy) is 2. The van der Waals surface area contributed by atoms with Gasteiger partial charge in [0.15, 0.2) is 13.2 Å². The van der Waals surface area contributed by atoms with E-state index in [1.807, 2.05) is 6.07 Å². The van der Waals surface area contributed by atoms with E-state index in [1.165, 1.54) is 0 Å². The van der Waals surface area contributed by atoms with E-state index in [1.54, 1.807) is 38.1 Å². The summed E-state index contributed by atoms with van der Waals surface area (Å²) in [6.45, 7) is 3.05. The molecule has 1 aromatic carbocycles. The lowest BCUT2D eigenvalue weighted by molar-refractivity contribution is -0.150. The molecule has 22 heavy (non-hydrogen) atoms. The number of hydrogen-bond acceptors (Lipinski definition) is 5. The molecule has 0 radical (unpaired) electrons. The van der Waals surface area contributed by atoms with Crippen LogP contribution in [0.1, 0.15) is 13.8 Å². The molecule has 0 fully saturated rings. The Hall–Kier alpha value is -2.57. The fraction of sp³-hybridized carbons (Fsp3) is 0.400. The number of hydrogen-bond donors (Lipinski definition) is 2. The van der Waals surface area contributed by atoms with E-state index in [9.17, 15) is 14.4 Å². The van der Waals surface area contributed by atoms with Crippen molar-refractivity contribution in [2.24, 2.45) is 0 Å². The number of para-hydroxylation sites is 1. The Morgan fingerprint density at radius 2 is 1.82 bits per heavy atom. The van der Waals surface area contributed by atoms with E-state index >= 15 is 0 Å². The van der Waals surface area contributed by atoms with Gasteiger partial charge in [-0.25, -0.2) is 4.79 Å². The fourth-order valence-corrected chi connectivity index (χ4v) is 1.52. The van der Waals surface area contributed by atoms with Crippen molar-refractivity contribution in [2.75, 3.05) is 19.8 Å². The Labute approximate surface area is 129 Å². The number of carbonyl (C=O) groups is 3. The molecule has 0 aliphatic rings. The zero-order valence-corrected chi connectivity index (χ0v) is 12.6. The molecule has 0 aliphatic carbocycles. The highest BCUT2D eigenvalue weighted by atomic mass is 16.6. The minimum atomic E-state index is -0.688. The van der Waals surface area contributed by atoms with Crippen LogP contribution in [0, 0.1) is 0 Å². The van der Waals surface area contributed by atoms with Gasteiger partial charge in [-0.2, -0.15) is 0 Å². The zero-order valence-electron chi connectivity index (χ0n) is 12.6. The van der Waals surface area contributed by atoms with Crippen LogP contribution in [0.4, 0.5) is 0 Å². The van der Waals surface area contributed by atoms with Gasteiger partial charge in [0.2, 0.25) is 5.91 Å². The van der Waals surface area contributed by atoms with E-state index in [0.29, 0.717) is 12.3 Å². The number of likely N-dealkylation sites (N-methyl/N-ethyl adjacent to an activating group) is 1. The van der Waals surface area contributed by atoms with Crippen molar-refractivity contribution >= 4 is 17.8 Å². The van der Waals surface area contributed by atoms with Gasteiger partial charge in [-0.05, 0) is 26.0 Å². The summed E-state index contributed by atoms with van der Waals surface area (Å²) < 4.78 is 9.94. The van der Waals surface area contributed by atoms with Gasteiger partial charge in [0.1, 0.15) is 11.8 Å². The second-order valence-electron chi connectivity index (χ2n) is 4.45. The van der Waals surface area contributed by atoms with Crippen molar-refractivity contribution in [3.05, 3.63) is 30.3 Å². The predicted octanol–water partition coefficient (Wildman–Crippen LogP) is 0.249. The van der Waals surface area contributed by atoms with Gasteiger partial charge in [0, 0.05) is 6.54 Å². The number of rotatable bonds is 8. The van der Waals surface area contributed by atoms with Crippen molar-refractivity contribution in [1.82, 2.24) is 10.6 Å². The maximum atomic E-state index is 11.5. The van der Waals surface area contributed by atoms with Crippen LogP contribution in [0.15, 0.2) is 30.3 Å². The number of nitrogens with one attached hydrogen (secondary N) is 2. The van der Waals surface area contributed by atoms with Crippen LogP contribution in [-0.4, -0.2) is 43.6 Å². The highest BCUT2D eigenvalue weighted by molar-refractivity contribution is 5.88. The summed E-state index contributed by atoms with van der Waals surface area (Å²) in [6, 6.07) is 8.09. The smallest absolute Gasteiger partial charge is 0.344 e. The van der Waals surface area contributed by atoms with Crippen LogP contribution in [0.5, 0.6) is 5.75 Å². The Bertz CT molecular complexity index is 504. The van der Waals surface area contributed by atoms with Crippen LogP contribution in [0.3, 0.4) is 0 Å². The predicted molar refractivity (Wildman–Crippen MR) is 79.2 cm³/mol. The summed E-state index contributed by atoms with van der Waals surface area (Å²) in [5.41, 5.74) is 0. The first-order valence-electron chi connectivity index (χ1n) is 6.93. The fourth-order valence-electron chi connectivity index (χ4n) is 1.52. The monoisotopic (exact) mass is 308 g/mol. The summed E-state index contributed by atoms with van der Waals surface area (Å²) in [6.07, 6.45) is 0. The molecular weight excluding hydrogens is 288 g/mol.